The number of thiazole rings is 2. The number of carbonyl (C=O) groups excluding carboxylic acids is 3. The van der Waals surface area contributed by atoms with Gasteiger partial charge in [-0.25, -0.2) is 9.97 Å². The molecule has 0 bridgehead atoms. The molecule has 2 aromatic heterocycles. The van der Waals surface area contributed by atoms with Crippen molar-refractivity contribution in [3.05, 3.63) is 32.2 Å². The van der Waals surface area contributed by atoms with Crippen molar-refractivity contribution in [2.45, 2.75) is 20.3 Å². The molecule has 1 aliphatic heterocycles. The van der Waals surface area contributed by atoms with E-state index in [4.69, 9.17) is 0 Å². The number of aromatic nitrogens is 2. The topological polar surface area (TPSA) is 95.5 Å². The molecule has 1 aliphatic rings. The Morgan fingerprint density at radius 2 is 1.52 bits per heavy atom. The van der Waals surface area contributed by atoms with Crippen LogP contribution < -0.4 is 5.32 Å². The summed E-state index contributed by atoms with van der Waals surface area (Å²) < 4.78 is 0. The third-order valence-corrected chi connectivity index (χ3v) is 6.28. The molecule has 10 heteroatoms. The number of amides is 3. The smallest absolute Gasteiger partial charge is 0.265 e. The van der Waals surface area contributed by atoms with Crippen LogP contribution in [0.5, 0.6) is 0 Å². The minimum Gasteiger partial charge on any atom is -0.351 e. The number of hydrogen-bond donors (Lipinski definition) is 1. The van der Waals surface area contributed by atoms with E-state index < -0.39 is 0 Å². The van der Waals surface area contributed by atoms with Gasteiger partial charge in [-0.2, -0.15) is 0 Å². The fourth-order valence-corrected chi connectivity index (χ4v) is 4.34. The zero-order chi connectivity index (χ0) is 19.4. The molecule has 3 heterocycles. The highest BCUT2D eigenvalue weighted by atomic mass is 32.1. The maximum absolute atomic E-state index is 12.5. The predicted octanol–water partition coefficient (Wildman–Crippen LogP) is 1.32. The minimum atomic E-state index is -0.196. The highest BCUT2D eigenvalue weighted by Gasteiger charge is 2.26. The lowest BCUT2D eigenvalue weighted by Gasteiger charge is -2.34. The van der Waals surface area contributed by atoms with Crippen molar-refractivity contribution in [2.75, 3.05) is 32.7 Å². The number of rotatable bonds is 5. The van der Waals surface area contributed by atoms with E-state index in [1.165, 1.54) is 22.7 Å². The van der Waals surface area contributed by atoms with Crippen LogP contribution in [0.4, 0.5) is 0 Å². The summed E-state index contributed by atoms with van der Waals surface area (Å²) in [6, 6.07) is 0. The summed E-state index contributed by atoms with van der Waals surface area (Å²) in [5.74, 6) is -0.232. The molecule has 0 spiro atoms. The molecule has 144 valence electrons. The molecule has 0 radical (unpaired) electrons. The van der Waals surface area contributed by atoms with Gasteiger partial charge in [-0.1, -0.05) is 0 Å². The van der Waals surface area contributed by atoms with Crippen LogP contribution >= 0.6 is 22.7 Å². The van der Waals surface area contributed by atoms with Crippen LogP contribution in [0.3, 0.4) is 0 Å². The minimum absolute atomic E-state index is 0.0163. The number of carbonyl (C=O) groups is 3. The van der Waals surface area contributed by atoms with E-state index in [-0.39, 0.29) is 30.7 Å². The lowest BCUT2D eigenvalue weighted by molar-refractivity contribution is -0.132. The Kier molecular flexibility index (Phi) is 6.17. The van der Waals surface area contributed by atoms with E-state index in [1.807, 2.05) is 6.92 Å². The van der Waals surface area contributed by atoms with Gasteiger partial charge in [0.05, 0.1) is 22.4 Å². The maximum Gasteiger partial charge on any atom is 0.265 e. The van der Waals surface area contributed by atoms with Crippen LogP contribution in [0.1, 0.15) is 37.2 Å². The average molecular weight is 408 g/mol. The molecular formula is C17H21N5O3S2. The van der Waals surface area contributed by atoms with Crippen LogP contribution in [0.15, 0.2) is 11.0 Å². The van der Waals surface area contributed by atoms with Crippen molar-refractivity contribution in [1.82, 2.24) is 25.1 Å². The van der Waals surface area contributed by atoms with Crippen molar-refractivity contribution < 1.29 is 14.4 Å². The maximum atomic E-state index is 12.5. The van der Waals surface area contributed by atoms with E-state index in [9.17, 15) is 14.4 Å². The van der Waals surface area contributed by atoms with Crippen LogP contribution in [0.25, 0.3) is 0 Å². The Labute approximate surface area is 165 Å². The molecule has 1 fully saturated rings. The highest BCUT2D eigenvalue weighted by Crippen LogP contribution is 2.16. The lowest BCUT2D eigenvalue weighted by atomic mass is 10.2. The molecule has 0 saturated carbocycles. The summed E-state index contributed by atoms with van der Waals surface area (Å²) in [7, 11) is 0. The monoisotopic (exact) mass is 407 g/mol. The second kappa shape index (κ2) is 8.57. The van der Waals surface area contributed by atoms with E-state index in [2.05, 4.69) is 15.3 Å². The quantitative estimate of drug-likeness (QED) is 0.807. The Balaban J connectivity index is 1.42. The van der Waals surface area contributed by atoms with Gasteiger partial charge < -0.3 is 15.1 Å². The summed E-state index contributed by atoms with van der Waals surface area (Å²) in [6.45, 7) is 5.92. The second-order valence-corrected chi connectivity index (χ2v) is 7.92. The lowest BCUT2D eigenvalue weighted by Crippen LogP contribution is -2.51. The average Bonchev–Trinajstić information content (AvgIpc) is 3.29. The molecule has 8 nitrogen and oxygen atoms in total. The SMILES string of the molecule is Cc1ncsc1C(=O)NCCC(=O)N1CCN(C(=O)c2scnc2C)CC1. The number of hydrogen-bond acceptors (Lipinski definition) is 7. The van der Waals surface area contributed by atoms with Gasteiger partial charge in [0.25, 0.3) is 11.8 Å². The molecule has 0 aromatic carbocycles. The summed E-state index contributed by atoms with van der Waals surface area (Å²) >= 11 is 2.63. The first-order valence-corrected chi connectivity index (χ1v) is 10.4. The van der Waals surface area contributed by atoms with E-state index in [0.29, 0.717) is 41.6 Å². The summed E-state index contributed by atoms with van der Waals surface area (Å²) in [5, 5.41) is 2.76. The van der Waals surface area contributed by atoms with Crippen molar-refractivity contribution in [3.8, 4) is 0 Å². The standard InChI is InChI=1S/C17H21N5O3S2/c1-11-14(26-9-19-11)16(24)18-4-3-13(23)21-5-7-22(8-6-21)17(25)15-12(2)20-10-27-15/h9-10H,3-8H2,1-2H3,(H,18,24). The van der Waals surface area contributed by atoms with Crippen LogP contribution in [-0.2, 0) is 4.79 Å². The number of piperazine rings is 1. The van der Waals surface area contributed by atoms with Gasteiger partial charge in [-0.05, 0) is 13.8 Å². The third-order valence-electron chi connectivity index (χ3n) is 4.44. The molecule has 0 unspecified atom stereocenters. The number of nitrogens with zero attached hydrogens (tertiary/aromatic N) is 4. The molecule has 0 aliphatic carbocycles. The number of aryl methyl sites for hydroxylation is 2. The molecule has 1 N–H and O–H groups in total. The number of nitrogens with one attached hydrogen (secondary N) is 1. The fraction of sp³-hybridized carbons (Fsp3) is 0.471. The first-order chi connectivity index (χ1) is 13.0. The van der Waals surface area contributed by atoms with Gasteiger partial charge in [0.1, 0.15) is 9.75 Å². The van der Waals surface area contributed by atoms with E-state index >= 15 is 0 Å². The molecule has 0 atom stereocenters. The Morgan fingerprint density at radius 1 is 0.963 bits per heavy atom. The zero-order valence-corrected chi connectivity index (χ0v) is 16.9. The molecule has 2 aromatic rings. The van der Waals surface area contributed by atoms with Gasteiger partial charge in [-0.15, -0.1) is 22.7 Å². The fourth-order valence-electron chi connectivity index (χ4n) is 2.85. The first kappa shape index (κ1) is 19.4. The Hall–Kier alpha value is -2.33. The van der Waals surface area contributed by atoms with Gasteiger partial charge >= 0.3 is 0 Å². The molecule has 27 heavy (non-hydrogen) atoms. The molecular weight excluding hydrogens is 386 g/mol. The summed E-state index contributed by atoms with van der Waals surface area (Å²) in [6.07, 6.45) is 0.242. The summed E-state index contributed by atoms with van der Waals surface area (Å²) in [5.41, 5.74) is 4.74. The van der Waals surface area contributed by atoms with Crippen molar-refractivity contribution in [3.63, 3.8) is 0 Å². The van der Waals surface area contributed by atoms with Crippen LogP contribution in [0, 0.1) is 13.8 Å². The van der Waals surface area contributed by atoms with Gasteiger partial charge in [0.2, 0.25) is 5.91 Å². The van der Waals surface area contributed by atoms with Gasteiger partial charge in [0, 0.05) is 39.1 Å². The zero-order valence-electron chi connectivity index (χ0n) is 15.2. The third kappa shape index (κ3) is 4.51. The Morgan fingerprint density at radius 3 is 2.07 bits per heavy atom. The van der Waals surface area contributed by atoms with Crippen LogP contribution in [-0.4, -0.2) is 70.2 Å². The van der Waals surface area contributed by atoms with Gasteiger partial charge in [0.15, 0.2) is 0 Å². The summed E-state index contributed by atoms with van der Waals surface area (Å²) in [4.78, 5) is 49.8. The predicted molar refractivity (Wildman–Crippen MR) is 103 cm³/mol. The van der Waals surface area contributed by atoms with Crippen LogP contribution in [0.2, 0.25) is 0 Å². The molecule has 1 saturated heterocycles. The molecule has 3 rings (SSSR count). The largest absolute Gasteiger partial charge is 0.351 e. The molecule has 3 amide bonds. The highest BCUT2D eigenvalue weighted by molar-refractivity contribution is 7.12. The van der Waals surface area contributed by atoms with Crippen molar-refractivity contribution in [1.29, 1.82) is 0 Å². The van der Waals surface area contributed by atoms with E-state index in [1.54, 1.807) is 27.7 Å². The van der Waals surface area contributed by atoms with E-state index in [0.717, 1.165) is 5.69 Å². The first-order valence-electron chi connectivity index (χ1n) is 8.62. The van der Waals surface area contributed by atoms with Crippen molar-refractivity contribution >= 4 is 40.4 Å². The van der Waals surface area contributed by atoms with Gasteiger partial charge in [-0.3, -0.25) is 14.4 Å². The van der Waals surface area contributed by atoms with Crippen molar-refractivity contribution in [2.24, 2.45) is 0 Å². The second-order valence-electron chi connectivity index (χ2n) is 6.21. The Bertz CT molecular complexity index is 839. The normalized spacial score (nSPS) is 14.3.